The van der Waals surface area contributed by atoms with E-state index in [1.165, 1.54) is 19.2 Å². The molecule has 0 spiro atoms. The normalized spacial score (nSPS) is 13.5. The number of esters is 1. The molecule has 1 unspecified atom stereocenters. The number of phenolic OH excluding ortho intramolecular Hbond substituents is 1. The number of aromatic hydroxyl groups is 1. The summed E-state index contributed by atoms with van der Waals surface area (Å²) in [5.41, 5.74) is 3.26. The minimum absolute atomic E-state index is 0.136. The Kier molecular flexibility index (Phi) is 5.83. The first-order valence-corrected chi connectivity index (χ1v) is 12.5. The summed E-state index contributed by atoms with van der Waals surface area (Å²) in [7, 11) is 1.28. The Morgan fingerprint density at radius 3 is 2.66 bits per heavy atom. The predicted octanol–water partition coefficient (Wildman–Crippen LogP) is 5.12. The first kappa shape index (κ1) is 23.7. The van der Waals surface area contributed by atoms with Crippen LogP contribution in [-0.2, 0) is 22.5 Å². The highest BCUT2D eigenvalue weighted by molar-refractivity contribution is 5.96. The number of pyridine rings is 1. The predicted molar refractivity (Wildman–Crippen MR) is 145 cm³/mol. The van der Waals surface area contributed by atoms with Crippen LogP contribution in [-0.4, -0.2) is 22.8 Å². The van der Waals surface area contributed by atoms with Gasteiger partial charge in [-0.05, 0) is 53.1 Å². The summed E-state index contributed by atoms with van der Waals surface area (Å²) in [5, 5.41) is 12.6. The van der Waals surface area contributed by atoms with Gasteiger partial charge in [-0.25, -0.2) is 4.79 Å². The number of carbonyl (C=O) groups is 1. The third kappa shape index (κ3) is 3.87. The highest BCUT2D eigenvalue weighted by atomic mass is 16.5. The summed E-state index contributed by atoms with van der Waals surface area (Å²) in [4.78, 5) is 39.3. The average molecular weight is 508 g/mol. The molecule has 0 radical (unpaired) electrons. The zero-order valence-corrected chi connectivity index (χ0v) is 20.8. The first-order valence-electron chi connectivity index (χ1n) is 12.5. The van der Waals surface area contributed by atoms with Crippen LogP contribution in [0.15, 0.2) is 86.8 Å². The van der Waals surface area contributed by atoms with Gasteiger partial charge in [0.2, 0.25) is 0 Å². The molecule has 5 aromatic rings. The Balaban J connectivity index is 1.67. The van der Waals surface area contributed by atoms with Crippen molar-refractivity contribution in [2.24, 2.45) is 0 Å². The van der Waals surface area contributed by atoms with Crippen LogP contribution in [0.1, 0.15) is 35.4 Å². The first-order chi connectivity index (χ1) is 18.5. The van der Waals surface area contributed by atoms with Gasteiger partial charge in [0.15, 0.2) is 0 Å². The third-order valence-electron chi connectivity index (χ3n) is 7.39. The van der Waals surface area contributed by atoms with Crippen molar-refractivity contribution < 1.29 is 19.1 Å². The number of aromatic nitrogens is 1. The summed E-state index contributed by atoms with van der Waals surface area (Å²) in [6.07, 6.45) is 1.49. The largest absolute Gasteiger partial charge is 0.508 e. The maximum absolute atomic E-state index is 13.9. The standard InChI is InChI=1S/C31H25NO6/c1-37-26(34)17-23(24-15-20-10-5-9-19-11-6-14-32(29(19)20)31(24)36)28-25(33)13-12-21-22(16-27(35)38-30(21)28)18-7-3-2-4-8-18/h2-5,7-10,12-13,15-16,23,33H,6,11,14,17H2,1H3. The molecule has 190 valence electrons. The number of fused-ring (bicyclic) bond motifs is 1. The lowest BCUT2D eigenvalue weighted by Crippen LogP contribution is -2.29. The van der Waals surface area contributed by atoms with Crippen LogP contribution in [0, 0.1) is 0 Å². The second kappa shape index (κ2) is 9.34. The van der Waals surface area contributed by atoms with E-state index in [1.54, 1.807) is 16.7 Å². The van der Waals surface area contributed by atoms with Crippen LogP contribution in [0.2, 0.25) is 0 Å². The van der Waals surface area contributed by atoms with Gasteiger partial charge < -0.3 is 18.8 Å². The maximum atomic E-state index is 13.9. The van der Waals surface area contributed by atoms with Crippen LogP contribution in [0.25, 0.3) is 33.0 Å². The van der Waals surface area contributed by atoms with Crippen molar-refractivity contribution in [1.82, 2.24) is 4.57 Å². The molecule has 0 amide bonds. The molecule has 7 heteroatoms. The third-order valence-corrected chi connectivity index (χ3v) is 7.39. The summed E-state index contributed by atoms with van der Waals surface area (Å²) >= 11 is 0. The van der Waals surface area contributed by atoms with Crippen molar-refractivity contribution >= 4 is 27.8 Å². The van der Waals surface area contributed by atoms with Crippen molar-refractivity contribution in [1.29, 1.82) is 0 Å². The van der Waals surface area contributed by atoms with E-state index in [0.717, 1.165) is 34.9 Å². The fraction of sp³-hybridized carbons (Fsp3) is 0.194. The molecule has 1 aliphatic rings. The zero-order chi connectivity index (χ0) is 26.4. The van der Waals surface area contributed by atoms with E-state index in [9.17, 15) is 19.5 Å². The van der Waals surface area contributed by atoms with Gasteiger partial charge >= 0.3 is 11.6 Å². The van der Waals surface area contributed by atoms with Crippen molar-refractivity contribution in [2.45, 2.75) is 31.7 Å². The van der Waals surface area contributed by atoms with E-state index in [-0.39, 0.29) is 28.9 Å². The van der Waals surface area contributed by atoms with Gasteiger partial charge in [-0.15, -0.1) is 0 Å². The minimum atomic E-state index is -0.911. The molecule has 7 nitrogen and oxygen atoms in total. The molecule has 0 aliphatic carbocycles. The van der Waals surface area contributed by atoms with Crippen molar-refractivity contribution in [3.63, 3.8) is 0 Å². The van der Waals surface area contributed by atoms with E-state index < -0.39 is 17.5 Å². The number of nitrogens with zero attached hydrogens (tertiary/aromatic N) is 1. The number of benzene rings is 3. The molecule has 1 aliphatic heterocycles. The van der Waals surface area contributed by atoms with Gasteiger partial charge in [-0.2, -0.15) is 0 Å². The van der Waals surface area contributed by atoms with Gasteiger partial charge in [0.05, 0.1) is 19.0 Å². The minimum Gasteiger partial charge on any atom is -0.508 e. The van der Waals surface area contributed by atoms with Crippen LogP contribution in [0.3, 0.4) is 0 Å². The Morgan fingerprint density at radius 1 is 1.05 bits per heavy atom. The number of hydrogen-bond acceptors (Lipinski definition) is 6. The fourth-order valence-corrected chi connectivity index (χ4v) is 5.68. The summed E-state index contributed by atoms with van der Waals surface area (Å²) < 4.78 is 12.4. The molecule has 0 saturated heterocycles. The molecule has 1 atom stereocenters. The van der Waals surface area contributed by atoms with E-state index >= 15 is 0 Å². The van der Waals surface area contributed by atoms with Crippen molar-refractivity contribution in [3.8, 4) is 16.9 Å². The van der Waals surface area contributed by atoms with Gasteiger partial charge in [0, 0.05) is 35.0 Å². The highest BCUT2D eigenvalue weighted by Gasteiger charge is 2.30. The number of carbonyl (C=O) groups excluding carboxylic acids is 1. The van der Waals surface area contributed by atoms with Crippen LogP contribution in [0.5, 0.6) is 5.75 Å². The summed E-state index contributed by atoms with van der Waals surface area (Å²) in [6, 6.07) is 21.7. The second-order valence-electron chi connectivity index (χ2n) is 9.57. The van der Waals surface area contributed by atoms with Crippen LogP contribution in [0.4, 0.5) is 0 Å². The molecule has 3 aromatic carbocycles. The number of para-hydroxylation sites is 1. The average Bonchev–Trinajstić information content (AvgIpc) is 2.94. The van der Waals surface area contributed by atoms with Gasteiger partial charge in [0.25, 0.3) is 5.56 Å². The molecule has 2 aromatic heterocycles. The van der Waals surface area contributed by atoms with E-state index in [2.05, 4.69) is 0 Å². The molecule has 38 heavy (non-hydrogen) atoms. The number of rotatable bonds is 5. The van der Waals surface area contributed by atoms with E-state index in [1.807, 2.05) is 48.5 Å². The van der Waals surface area contributed by atoms with E-state index in [0.29, 0.717) is 23.1 Å². The quantitative estimate of drug-likeness (QED) is 0.262. The smallest absolute Gasteiger partial charge is 0.336 e. The SMILES string of the molecule is COC(=O)CC(c1cc2cccc3c2n(c1=O)CCC3)c1c(O)ccc2c(-c3ccccc3)cc(=O)oc12. The van der Waals surface area contributed by atoms with Gasteiger partial charge in [-0.1, -0.05) is 48.5 Å². The summed E-state index contributed by atoms with van der Waals surface area (Å²) in [5.74, 6) is -1.64. The van der Waals surface area contributed by atoms with Crippen LogP contribution >= 0.6 is 0 Å². The van der Waals surface area contributed by atoms with E-state index in [4.69, 9.17) is 9.15 Å². The number of aryl methyl sites for hydroxylation is 2. The Labute approximate surface area is 217 Å². The number of methoxy groups -OCH3 is 1. The molecule has 0 saturated carbocycles. The molecule has 0 fully saturated rings. The monoisotopic (exact) mass is 507 g/mol. The lowest BCUT2D eigenvalue weighted by Gasteiger charge is -2.24. The molecule has 3 heterocycles. The molecular formula is C31H25NO6. The van der Waals surface area contributed by atoms with Crippen molar-refractivity contribution in [2.75, 3.05) is 7.11 Å². The zero-order valence-electron chi connectivity index (χ0n) is 20.8. The Morgan fingerprint density at radius 2 is 1.87 bits per heavy atom. The topological polar surface area (TPSA) is 98.7 Å². The number of ether oxygens (including phenoxy) is 1. The van der Waals surface area contributed by atoms with Crippen LogP contribution < -0.4 is 11.2 Å². The van der Waals surface area contributed by atoms with Crippen molar-refractivity contribution in [3.05, 3.63) is 110 Å². The lowest BCUT2D eigenvalue weighted by molar-refractivity contribution is -0.140. The number of phenols is 1. The molecule has 1 N–H and O–H groups in total. The number of hydrogen-bond donors (Lipinski definition) is 1. The van der Waals surface area contributed by atoms with Gasteiger partial charge in [0.1, 0.15) is 11.3 Å². The Hall–Kier alpha value is -4.65. The Bertz CT molecular complexity index is 1830. The lowest BCUT2D eigenvalue weighted by atomic mass is 9.85. The maximum Gasteiger partial charge on any atom is 0.336 e. The fourth-order valence-electron chi connectivity index (χ4n) is 5.68. The molecule has 6 rings (SSSR count). The highest BCUT2D eigenvalue weighted by Crippen LogP contribution is 2.41. The molecular weight excluding hydrogens is 482 g/mol. The second-order valence-corrected chi connectivity index (χ2v) is 9.57. The summed E-state index contributed by atoms with van der Waals surface area (Å²) in [6.45, 7) is 0.555. The molecule has 0 bridgehead atoms. The van der Waals surface area contributed by atoms with Gasteiger partial charge in [-0.3, -0.25) is 9.59 Å².